The highest BCUT2D eigenvalue weighted by molar-refractivity contribution is 4.99. The van der Waals surface area contributed by atoms with Gasteiger partial charge in [-0.2, -0.15) is 0 Å². The molecule has 0 aromatic carbocycles. The number of rotatable bonds is 2. The first-order chi connectivity index (χ1) is 6.84. The molecule has 0 amide bonds. The van der Waals surface area contributed by atoms with Crippen LogP contribution in [0.25, 0.3) is 0 Å². The number of fused-ring (bicyclic) bond motifs is 1. The molecule has 1 saturated heterocycles. The third-order valence-corrected chi connectivity index (χ3v) is 4.63. The van der Waals surface area contributed by atoms with Crippen LogP contribution in [0.1, 0.15) is 32.1 Å². The summed E-state index contributed by atoms with van der Waals surface area (Å²) >= 11 is 0. The van der Waals surface area contributed by atoms with Crippen LogP contribution < -0.4 is 5.73 Å². The van der Waals surface area contributed by atoms with Gasteiger partial charge in [-0.15, -0.1) is 0 Å². The minimum absolute atomic E-state index is 0.478. The Morgan fingerprint density at radius 1 is 0.929 bits per heavy atom. The fourth-order valence-electron chi connectivity index (χ4n) is 3.56. The van der Waals surface area contributed by atoms with Crippen molar-refractivity contribution in [2.24, 2.45) is 29.4 Å². The lowest BCUT2D eigenvalue weighted by atomic mass is 9.82. The smallest absolute Gasteiger partial charge is 0.0469 e. The van der Waals surface area contributed by atoms with Crippen molar-refractivity contribution in [2.75, 3.05) is 13.2 Å². The van der Waals surface area contributed by atoms with Gasteiger partial charge in [-0.3, -0.25) is 0 Å². The van der Waals surface area contributed by atoms with Crippen molar-refractivity contribution in [2.45, 2.75) is 38.1 Å². The van der Waals surface area contributed by atoms with Crippen LogP contribution in [0.4, 0.5) is 0 Å². The zero-order valence-electron chi connectivity index (χ0n) is 8.82. The first kappa shape index (κ1) is 9.17. The van der Waals surface area contributed by atoms with Gasteiger partial charge in [0.15, 0.2) is 0 Å². The van der Waals surface area contributed by atoms with E-state index in [2.05, 4.69) is 0 Å². The molecule has 0 spiro atoms. The van der Waals surface area contributed by atoms with Crippen LogP contribution in [0.3, 0.4) is 0 Å². The van der Waals surface area contributed by atoms with Gasteiger partial charge in [-0.1, -0.05) is 0 Å². The van der Waals surface area contributed by atoms with Gasteiger partial charge < -0.3 is 10.5 Å². The summed E-state index contributed by atoms with van der Waals surface area (Å²) in [7, 11) is 0. The summed E-state index contributed by atoms with van der Waals surface area (Å²) in [5.41, 5.74) is 6.38. The Bertz CT molecular complexity index is 200. The van der Waals surface area contributed by atoms with E-state index in [1.54, 1.807) is 0 Å². The van der Waals surface area contributed by atoms with Crippen LogP contribution in [0.2, 0.25) is 0 Å². The van der Waals surface area contributed by atoms with E-state index < -0.39 is 0 Å². The molecule has 3 aliphatic rings. The van der Waals surface area contributed by atoms with Crippen molar-refractivity contribution in [3.05, 3.63) is 0 Å². The lowest BCUT2D eigenvalue weighted by Gasteiger charge is -2.32. The van der Waals surface area contributed by atoms with Crippen LogP contribution in [0, 0.1) is 23.7 Å². The summed E-state index contributed by atoms with van der Waals surface area (Å²) in [6, 6.07) is 0.478. The van der Waals surface area contributed by atoms with Crippen molar-refractivity contribution in [3.63, 3.8) is 0 Å². The van der Waals surface area contributed by atoms with Crippen molar-refractivity contribution in [3.8, 4) is 0 Å². The predicted octanol–water partition coefficient (Wildman–Crippen LogP) is 1.79. The Labute approximate surface area is 86.2 Å². The molecule has 0 radical (unpaired) electrons. The Morgan fingerprint density at radius 3 is 2.21 bits per heavy atom. The summed E-state index contributed by atoms with van der Waals surface area (Å²) in [4.78, 5) is 0. The number of ether oxygens (including phenoxy) is 1. The van der Waals surface area contributed by atoms with Crippen molar-refractivity contribution < 1.29 is 4.74 Å². The summed E-state index contributed by atoms with van der Waals surface area (Å²) in [5, 5.41) is 0. The second-order valence-corrected chi connectivity index (χ2v) is 5.51. The zero-order valence-corrected chi connectivity index (χ0v) is 8.82. The van der Waals surface area contributed by atoms with Crippen molar-refractivity contribution in [1.82, 2.24) is 0 Å². The Morgan fingerprint density at radius 2 is 1.57 bits per heavy atom. The lowest BCUT2D eigenvalue weighted by Crippen LogP contribution is -2.39. The van der Waals surface area contributed by atoms with Gasteiger partial charge in [0.05, 0.1) is 0 Å². The Balaban J connectivity index is 1.55. The van der Waals surface area contributed by atoms with Crippen LogP contribution in [-0.2, 0) is 4.74 Å². The third kappa shape index (κ3) is 1.59. The van der Waals surface area contributed by atoms with E-state index in [1.807, 2.05) is 0 Å². The van der Waals surface area contributed by atoms with Crippen molar-refractivity contribution in [1.29, 1.82) is 0 Å². The quantitative estimate of drug-likeness (QED) is 0.729. The summed E-state index contributed by atoms with van der Waals surface area (Å²) < 4.78 is 5.39. The molecule has 3 unspecified atom stereocenters. The molecule has 14 heavy (non-hydrogen) atoms. The molecule has 2 heteroatoms. The van der Waals surface area contributed by atoms with E-state index in [9.17, 15) is 0 Å². The minimum atomic E-state index is 0.478. The third-order valence-electron chi connectivity index (χ3n) is 4.63. The molecule has 3 fully saturated rings. The van der Waals surface area contributed by atoms with Crippen molar-refractivity contribution >= 4 is 0 Å². The van der Waals surface area contributed by atoms with E-state index in [0.717, 1.165) is 36.9 Å². The largest absolute Gasteiger partial charge is 0.381 e. The van der Waals surface area contributed by atoms with Crippen LogP contribution >= 0.6 is 0 Å². The maximum Gasteiger partial charge on any atom is 0.0469 e. The van der Waals surface area contributed by atoms with E-state index in [-0.39, 0.29) is 0 Å². The van der Waals surface area contributed by atoms with Gasteiger partial charge in [0, 0.05) is 19.3 Å². The second-order valence-electron chi connectivity index (χ2n) is 5.51. The highest BCUT2D eigenvalue weighted by atomic mass is 16.5. The van der Waals surface area contributed by atoms with Gasteiger partial charge in [-0.05, 0) is 55.8 Å². The van der Waals surface area contributed by atoms with E-state index in [0.29, 0.717) is 6.04 Å². The van der Waals surface area contributed by atoms with E-state index >= 15 is 0 Å². The van der Waals surface area contributed by atoms with Gasteiger partial charge in [0.1, 0.15) is 0 Å². The summed E-state index contributed by atoms with van der Waals surface area (Å²) in [6.45, 7) is 1.88. The molecule has 0 bridgehead atoms. The van der Waals surface area contributed by atoms with Gasteiger partial charge in [0.25, 0.3) is 0 Å². The summed E-state index contributed by atoms with van der Waals surface area (Å²) in [6.07, 6.45) is 6.78. The molecule has 2 nitrogen and oxygen atoms in total. The highest BCUT2D eigenvalue weighted by Gasteiger charge is 2.48. The lowest BCUT2D eigenvalue weighted by molar-refractivity contribution is 0.0505. The molecule has 3 rings (SSSR count). The molecular weight excluding hydrogens is 174 g/mol. The molecule has 80 valence electrons. The maximum absolute atomic E-state index is 6.38. The zero-order chi connectivity index (χ0) is 9.54. The topological polar surface area (TPSA) is 35.2 Å². The standard InChI is InChI=1S/C12H21NO/c13-12(8-1-3-14-4-2-8)11-6-9-5-10(9)7-11/h8-12H,1-7,13H2. The minimum Gasteiger partial charge on any atom is -0.381 e. The SMILES string of the molecule is NC(C1CCOCC1)C1CC2CC2C1. The fraction of sp³-hybridized carbons (Fsp3) is 1.00. The van der Waals surface area contributed by atoms with Gasteiger partial charge in [0.2, 0.25) is 0 Å². The van der Waals surface area contributed by atoms with Gasteiger partial charge in [-0.25, -0.2) is 0 Å². The van der Waals surface area contributed by atoms with E-state index in [1.165, 1.54) is 32.1 Å². The van der Waals surface area contributed by atoms with E-state index in [4.69, 9.17) is 10.5 Å². The number of hydrogen-bond acceptors (Lipinski definition) is 2. The second kappa shape index (κ2) is 3.49. The Kier molecular flexibility index (Phi) is 2.29. The summed E-state index contributed by atoms with van der Waals surface area (Å²) in [5.74, 6) is 3.75. The average molecular weight is 195 g/mol. The molecule has 0 aromatic rings. The highest BCUT2D eigenvalue weighted by Crippen LogP contribution is 2.55. The number of nitrogens with two attached hydrogens (primary N) is 1. The van der Waals surface area contributed by atoms with Gasteiger partial charge >= 0.3 is 0 Å². The fourth-order valence-corrected chi connectivity index (χ4v) is 3.56. The monoisotopic (exact) mass is 195 g/mol. The molecule has 0 aromatic heterocycles. The molecule has 1 heterocycles. The first-order valence-corrected chi connectivity index (χ1v) is 6.18. The van der Waals surface area contributed by atoms with Crippen LogP contribution in [0.15, 0.2) is 0 Å². The molecule has 1 aliphatic heterocycles. The average Bonchev–Trinajstić information content (AvgIpc) is 2.86. The number of hydrogen-bond donors (Lipinski definition) is 1. The molecular formula is C12H21NO. The normalized spacial score (nSPS) is 44.8. The predicted molar refractivity (Wildman–Crippen MR) is 55.8 cm³/mol. The molecule has 3 atom stereocenters. The molecule has 2 N–H and O–H groups in total. The van der Waals surface area contributed by atoms with Crippen LogP contribution in [-0.4, -0.2) is 19.3 Å². The molecule has 2 aliphatic carbocycles. The maximum atomic E-state index is 6.38. The van der Waals surface area contributed by atoms with Crippen LogP contribution in [0.5, 0.6) is 0 Å². The Hall–Kier alpha value is -0.0800. The molecule has 2 saturated carbocycles. The first-order valence-electron chi connectivity index (χ1n) is 6.18.